The van der Waals surface area contributed by atoms with Gasteiger partial charge in [-0.25, -0.2) is 0 Å². The van der Waals surface area contributed by atoms with Gasteiger partial charge >= 0.3 is 0 Å². The highest BCUT2D eigenvalue weighted by atomic mass is 16.9. The second-order valence-corrected chi connectivity index (χ2v) is 7.34. The molecule has 0 N–H and O–H groups in total. The first-order chi connectivity index (χ1) is 13.1. The molecule has 0 aromatic heterocycles. The molecule has 3 unspecified atom stereocenters. The Hall–Kier alpha value is -0.200. The van der Waals surface area contributed by atoms with E-state index in [4.69, 9.17) is 23.7 Å². The Kier molecular flexibility index (Phi) is 12.1. The van der Waals surface area contributed by atoms with Gasteiger partial charge in [0.15, 0.2) is 0 Å². The van der Waals surface area contributed by atoms with Gasteiger partial charge in [0.25, 0.3) is 5.97 Å². The number of hydrogen-bond donors (Lipinski definition) is 0. The third-order valence-corrected chi connectivity index (χ3v) is 5.20. The predicted molar refractivity (Wildman–Crippen MR) is 109 cm³/mol. The smallest absolute Gasteiger partial charge is 0.291 e. The summed E-state index contributed by atoms with van der Waals surface area (Å²) in [5.74, 6) is -1.89. The van der Waals surface area contributed by atoms with E-state index in [2.05, 4.69) is 20.8 Å². The van der Waals surface area contributed by atoms with Crippen LogP contribution < -0.4 is 0 Å². The van der Waals surface area contributed by atoms with E-state index in [1.54, 1.807) is 0 Å². The van der Waals surface area contributed by atoms with Gasteiger partial charge in [-0.05, 0) is 40.5 Å². The van der Waals surface area contributed by atoms with Crippen LogP contribution in [0, 0.1) is 5.92 Å². The molecule has 0 aromatic carbocycles. The molecule has 5 nitrogen and oxygen atoms in total. The molecular weight excluding hydrogens is 344 g/mol. The fraction of sp³-hybridized carbons (Fsp3) is 1.00. The topological polar surface area (TPSA) is 49.5 Å². The molecule has 162 valence electrons. The first-order valence-electron chi connectivity index (χ1n) is 11.3. The van der Waals surface area contributed by atoms with Crippen molar-refractivity contribution in [1.29, 1.82) is 0 Å². The summed E-state index contributed by atoms with van der Waals surface area (Å²) in [6.07, 6.45) is 9.33. The average molecular weight is 389 g/mol. The van der Waals surface area contributed by atoms with Crippen molar-refractivity contribution in [3.05, 3.63) is 0 Å². The summed E-state index contributed by atoms with van der Waals surface area (Å²) in [6.45, 7) is 14.6. The Labute approximate surface area is 167 Å². The number of epoxide rings is 1. The number of hydrogen-bond acceptors (Lipinski definition) is 5. The molecule has 0 radical (unpaired) electrons. The van der Waals surface area contributed by atoms with E-state index < -0.39 is 11.8 Å². The first-order valence-corrected chi connectivity index (χ1v) is 11.3. The quantitative estimate of drug-likeness (QED) is 0.172. The van der Waals surface area contributed by atoms with Crippen LogP contribution in [0.1, 0.15) is 92.9 Å². The summed E-state index contributed by atoms with van der Waals surface area (Å²) < 4.78 is 30.6. The molecule has 0 saturated carbocycles. The van der Waals surface area contributed by atoms with Gasteiger partial charge in [0.2, 0.25) is 5.79 Å². The van der Waals surface area contributed by atoms with Gasteiger partial charge in [0.05, 0.1) is 5.92 Å². The summed E-state index contributed by atoms with van der Waals surface area (Å²) in [7, 11) is 0. The lowest BCUT2D eigenvalue weighted by atomic mass is 9.90. The SMILES string of the molecule is CCCCCCCCC(C(OCC)(OCC)OCC)C1(OCCC)OC1C. The minimum Gasteiger partial charge on any atom is -0.347 e. The standard InChI is InChI=1S/C22H44O5/c1-7-12-13-14-15-16-17-20(21(19(6)27-21)26-18-8-2)22(23-9-3,24-10-4)25-11-5/h19-20H,7-18H2,1-6H3. The maximum Gasteiger partial charge on any atom is 0.291 e. The van der Waals surface area contributed by atoms with Crippen molar-refractivity contribution >= 4 is 0 Å². The van der Waals surface area contributed by atoms with Gasteiger partial charge in [-0.1, -0.05) is 52.4 Å². The fourth-order valence-corrected chi connectivity index (χ4v) is 3.90. The average Bonchev–Trinajstić information content (AvgIpc) is 3.30. The zero-order chi connectivity index (χ0) is 20.2. The summed E-state index contributed by atoms with van der Waals surface area (Å²) in [4.78, 5) is 0. The van der Waals surface area contributed by atoms with E-state index in [1.165, 1.54) is 32.1 Å². The zero-order valence-electron chi connectivity index (χ0n) is 18.7. The molecule has 27 heavy (non-hydrogen) atoms. The van der Waals surface area contributed by atoms with E-state index >= 15 is 0 Å². The van der Waals surface area contributed by atoms with Gasteiger partial charge in [-0.3, -0.25) is 0 Å². The highest BCUT2D eigenvalue weighted by Gasteiger charge is 2.67. The summed E-state index contributed by atoms with van der Waals surface area (Å²) in [5, 5.41) is 0. The van der Waals surface area contributed by atoms with E-state index in [-0.39, 0.29) is 12.0 Å². The van der Waals surface area contributed by atoms with Crippen LogP contribution in [0.3, 0.4) is 0 Å². The van der Waals surface area contributed by atoms with Crippen LogP contribution in [-0.4, -0.2) is 44.3 Å². The molecule has 0 aromatic rings. The van der Waals surface area contributed by atoms with Gasteiger partial charge in [-0.15, -0.1) is 0 Å². The Morgan fingerprint density at radius 2 is 1.33 bits per heavy atom. The molecule has 1 aliphatic rings. The molecule has 1 heterocycles. The molecule has 1 rings (SSSR count). The van der Waals surface area contributed by atoms with Crippen molar-refractivity contribution in [2.45, 2.75) is 111 Å². The van der Waals surface area contributed by atoms with E-state index in [1.807, 2.05) is 20.8 Å². The minimum absolute atomic E-state index is 0.0230. The monoisotopic (exact) mass is 388 g/mol. The summed E-state index contributed by atoms with van der Waals surface area (Å²) in [6, 6.07) is 0. The van der Waals surface area contributed by atoms with Gasteiger partial charge in [0, 0.05) is 26.4 Å². The molecule has 1 aliphatic heterocycles. The maximum atomic E-state index is 6.24. The van der Waals surface area contributed by atoms with Crippen LogP contribution in [0.2, 0.25) is 0 Å². The normalized spacial score (nSPS) is 23.6. The van der Waals surface area contributed by atoms with Crippen molar-refractivity contribution in [2.75, 3.05) is 26.4 Å². The number of ether oxygens (including phenoxy) is 5. The molecule has 1 fully saturated rings. The summed E-state index contributed by atoms with van der Waals surface area (Å²) in [5.41, 5.74) is 0. The lowest BCUT2D eigenvalue weighted by Crippen LogP contribution is -2.54. The van der Waals surface area contributed by atoms with Crippen molar-refractivity contribution < 1.29 is 23.7 Å². The van der Waals surface area contributed by atoms with Crippen LogP contribution in [-0.2, 0) is 23.7 Å². The zero-order valence-corrected chi connectivity index (χ0v) is 18.7. The van der Waals surface area contributed by atoms with Crippen LogP contribution >= 0.6 is 0 Å². The van der Waals surface area contributed by atoms with E-state index in [0.29, 0.717) is 26.4 Å². The van der Waals surface area contributed by atoms with Crippen LogP contribution in [0.25, 0.3) is 0 Å². The van der Waals surface area contributed by atoms with Crippen LogP contribution in [0.4, 0.5) is 0 Å². The Morgan fingerprint density at radius 3 is 1.78 bits per heavy atom. The van der Waals surface area contributed by atoms with Crippen LogP contribution in [0.15, 0.2) is 0 Å². The maximum absolute atomic E-state index is 6.24. The van der Waals surface area contributed by atoms with E-state index in [0.717, 1.165) is 19.3 Å². The Bertz CT molecular complexity index is 359. The molecule has 0 amide bonds. The molecule has 0 spiro atoms. The number of unbranched alkanes of at least 4 members (excludes halogenated alkanes) is 5. The molecule has 3 atom stereocenters. The molecular formula is C22H44O5. The predicted octanol–water partition coefficient (Wildman–Crippen LogP) is 5.66. The second-order valence-electron chi connectivity index (χ2n) is 7.34. The van der Waals surface area contributed by atoms with Crippen molar-refractivity contribution in [2.24, 2.45) is 5.92 Å². The van der Waals surface area contributed by atoms with Gasteiger partial charge < -0.3 is 23.7 Å². The van der Waals surface area contributed by atoms with Crippen molar-refractivity contribution in [3.8, 4) is 0 Å². The first kappa shape index (κ1) is 24.8. The van der Waals surface area contributed by atoms with Gasteiger partial charge in [-0.2, -0.15) is 0 Å². The molecule has 5 heteroatoms. The third-order valence-electron chi connectivity index (χ3n) is 5.20. The second kappa shape index (κ2) is 13.1. The fourth-order valence-electron chi connectivity index (χ4n) is 3.90. The minimum atomic E-state index is -1.11. The van der Waals surface area contributed by atoms with Crippen molar-refractivity contribution in [3.63, 3.8) is 0 Å². The molecule has 1 saturated heterocycles. The van der Waals surface area contributed by atoms with Crippen LogP contribution in [0.5, 0.6) is 0 Å². The van der Waals surface area contributed by atoms with E-state index in [9.17, 15) is 0 Å². The molecule has 0 aliphatic carbocycles. The van der Waals surface area contributed by atoms with Crippen molar-refractivity contribution in [1.82, 2.24) is 0 Å². The Balaban J connectivity index is 2.95. The lowest BCUT2D eigenvalue weighted by molar-refractivity contribution is -0.419. The molecule has 0 bridgehead atoms. The van der Waals surface area contributed by atoms with Gasteiger partial charge in [0.1, 0.15) is 6.10 Å². The Morgan fingerprint density at radius 1 is 0.815 bits per heavy atom. The lowest BCUT2D eigenvalue weighted by Gasteiger charge is -2.41. The summed E-state index contributed by atoms with van der Waals surface area (Å²) >= 11 is 0. The number of rotatable bonds is 18. The third kappa shape index (κ3) is 6.97. The highest BCUT2D eigenvalue weighted by Crippen LogP contribution is 2.52. The highest BCUT2D eigenvalue weighted by molar-refractivity contribution is 5.01. The largest absolute Gasteiger partial charge is 0.347 e.